The average molecular weight is 154 g/mol. The number of allylic oxidation sites excluding steroid dienone is 2. The lowest BCUT2D eigenvalue weighted by atomic mass is 9.78. The Kier molecular flexibility index (Phi) is 1.78. The van der Waals surface area contributed by atoms with E-state index in [4.69, 9.17) is 5.11 Å². The average Bonchev–Trinajstić information content (AvgIpc) is 2.08. The van der Waals surface area contributed by atoms with Crippen molar-refractivity contribution in [3.8, 4) is 0 Å². The first-order valence-electron chi connectivity index (χ1n) is 3.86. The van der Waals surface area contributed by atoms with Gasteiger partial charge >= 0.3 is 5.97 Å². The fourth-order valence-corrected chi connectivity index (χ4v) is 1.54. The van der Waals surface area contributed by atoms with Gasteiger partial charge in [0.05, 0.1) is 5.92 Å². The van der Waals surface area contributed by atoms with E-state index in [0.29, 0.717) is 6.42 Å². The smallest absolute Gasteiger partial charge is 0.307 e. The molecule has 0 saturated heterocycles. The van der Waals surface area contributed by atoms with Crippen LogP contribution < -0.4 is 0 Å². The molecule has 0 amide bonds. The van der Waals surface area contributed by atoms with Crippen LogP contribution in [0.3, 0.4) is 0 Å². The van der Waals surface area contributed by atoms with Crippen molar-refractivity contribution in [3.63, 3.8) is 0 Å². The Bertz CT molecular complexity index is 214. The molecule has 1 rings (SSSR count). The van der Waals surface area contributed by atoms with Gasteiger partial charge in [-0.25, -0.2) is 0 Å². The number of carboxylic acids is 1. The van der Waals surface area contributed by atoms with Crippen molar-refractivity contribution in [2.24, 2.45) is 11.3 Å². The zero-order chi connectivity index (χ0) is 8.65. The van der Waals surface area contributed by atoms with Gasteiger partial charge in [0.15, 0.2) is 0 Å². The van der Waals surface area contributed by atoms with Crippen molar-refractivity contribution in [3.05, 3.63) is 11.6 Å². The van der Waals surface area contributed by atoms with Crippen LogP contribution in [0.4, 0.5) is 0 Å². The molecule has 2 heteroatoms. The first kappa shape index (κ1) is 8.31. The standard InChI is InChI=1S/C9H14O2/c1-6-4-5-7(8(10)11)9(6,2)3/h4,7H,5H2,1-3H3,(H,10,11)/t7-/m1/s1. The van der Waals surface area contributed by atoms with E-state index in [-0.39, 0.29) is 11.3 Å². The lowest BCUT2D eigenvalue weighted by Crippen LogP contribution is -2.27. The van der Waals surface area contributed by atoms with E-state index >= 15 is 0 Å². The maximum Gasteiger partial charge on any atom is 0.307 e. The molecule has 0 saturated carbocycles. The molecule has 0 bridgehead atoms. The van der Waals surface area contributed by atoms with Crippen LogP contribution in [0.2, 0.25) is 0 Å². The second kappa shape index (κ2) is 2.36. The van der Waals surface area contributed by atoms with Gasteiger partial charge in [-0.3, -0.25) is 4.79 Å². The fraction of sp³-hybridized carbons (Fsp3) is 0.667. The van der Waals surface area contributed by atoms with Gasteiger partial charge in [-0.1, -0.05) is 25.5 Å². The molecule has 0 aromatic carbocycles. The van der Waals surface area contributed by atoms with Crippen molar-refractivity contribution < 1.29 is 9.90 Å². The van der Waals surface area contributed by atoms with E-state index in [0.717, 1.165) is 0 Å². The van der Waals surface area contributed by atoms with Crippen LogP contribution in [0.1, 0.15) is 27.2 Å². The molecule has 0 aliphatic heterocycles. The van der Waals surface area contributed by atoms with Crippen molar-refractivity contribution >= 4 is 5.97 Å². The van der Waals surface area contributed by atoms with E-state index in [1.807, 2.05) is 26.8 Å². The molecule has 1 aliphatic carbocycles. The summed E-state index contributed by atoms with van der Waals surface area (Å²) in [4.78, 5) is 10.7. The summed E-state index contributed by atoms with van der Waals surface area (Å²) in [7, 11) is 0. The Morgan fingerprint density at radius 3 is 2.45 bits per heavy atom. The van der Waals surface area contributed by atoms with Crippen LogP contribution in [0.25, 0.3) is 0 Å². The molecule has 0 spiro atoms. The molecule has 0 fully saturated rings. The maximum atomic E-state index is 10.7. The summed E-state index contributed by atoms with van der Waals surface area (Å²) in [5.41, 5.74) is 1.05. The summed E-state index contributed by atoms with van der Waals surface area (Å²) in [5, 5.41) is 8.83. The second-order valence-electron chi connectivity index (χ2n) is 3.74. The van der Waals surface area contributed by atoms with Gasteiger partial charge in [-0.2, -0.15) is 0 Å². The van der Waals surface area contributed by atoms with Crippen LogP contribution in [-0.2, 0) is 4.79 Å². The normalized spacial score (nSPS) is 28.3. The van der Waals surface area contributed by atoms with Crippen LogP contribution in [0.15, 0.2) is 11.6 Å². The number of rotatable bonds is 1. The topological polar surface area (TPSA) is 37.3 Å². The first-order chi connectivity index (χ1) is 4.96. The second-order valence-corrected chi connectivity index (χ2v) is 3.74. The Labute approximate surface area is 66.9 Å². The van der Waals surface area contributed by atoms with Crippen LogP contribution in [0.5, 0.6) is 0 Å². The molecule has 1 atom stereocenters. The highest BCUT2D eigenvalue weighted by molar-refractivity contribution is 5.72. The molecular weight excluding hydrogens is 140 g/mol. The van der Waals surface area contributed by atoms with Gasteiger partial charge in [0.25, 0.3) is 0 Å². The lowest BCUT2D eigenvalue weighted by molar-refractivity contribution is -0.144. The quantitative estimate of drug-likeness (QED) is 0.587. The minimum atomic E-state index is -0.678. The molecule has 62 valence electrons. The third kappa shape index (κ3) is 1.17. The number of hydrogen-bond donors (Lipinski definition) is 1. The molecule has 0 aromatic heterocycles. The molecule has 1 N–H and O–H groups in total. The highest BCUT2D eigenvalue weighted by Gasteiger charge is 2.39. The third-order valence-corrected chi connectivity index (χ3v) is 2.85. The monoisotopic (exact) mass is 154 g/mol. The fourth-order valence-electron chi connectivity index (χ4n) is 1.54. The number of carbonyl (C=O) groups is 1. The summed E-state index contributed by atoms with van der Waals surface area (Å²) in [5.74, 6) is -0.898. The predicted molar refractivity (Wildman–Crippen MR) is 43.3 cm³/mol. The Morgan fingerprint density at radius 1 is 1.73 bits per heavy atom. The van der Waals surface area contributed by atoms with Crippen LogP contribution in [-0.4, -0.2) is 11.1 Å². The van der Waals surface area contributed by atoms with E-state index in [9.17, 15) is 4.79 Å². The zero-order valence-electron chi connectivity index (χ0n) is 7.22. The first-order valence-corrected chi connectivity index (χ1v) is 3.86. The minimum Gasteiger partial charge on any atom is -0.481 e. The summed E-state index contributed by atoms with van der Waals surface area (Å²) in [6.07, 6.45) is 2.72. The molecule has 2 nitrogen and oxygen atoms in total. The number of carboxylic acid groups (broad SMARTS) is 1. The molecule has 0 aromatic rings. The summed E-state index contributed by atoms with van der Waals surface area (Å²) in [6.45, 7) is 5.98. The van der Waals surface area contributed by atoms with Crippen molar-refractivity contribution in [1.82, 2.24) is 0 Å². The van der Waals surface area contributed by atoms with Crippen LogP contribution >= 0.6 is 0 Å². The van der Waals surface area contributed by atoms with E-state index in [2.05, 4.69) is 0 Å². The summed E-state index contributed by atoms with van der Waals surface area (Å²) >= 11 is 0. The Balaban J connectivity index is 2.86. The molecule has 0 radical (unpaired) electrons. The largest absolute Gasteiger partial charge is 0.481 e. The minimum absolute atomic E-state index is 0.147. The summed E-state index contributed by atoms with van der Waals surface area (Å²) in [6, 6.07) is 0. The number of aliphatic carboxylic acids is 1. The van der Waals surface area contributed by atoms with Gasteiger partial charge in [-0.05, 0) is 18.8 Å². The maximum absolute atomic E-state index is 10.7. The predicted octanol–water partition coefficient (Wildman–Crippen LogP) is 2.06. The zero-order valence-corrected chi connectivity index (χ0v) is 7.22. The Hall–Kier alpha value is -0.790. The summed E-state index contributed by atoms with van der Waals surface area (Å²) < 4.78 is 0. The van der Waals surface area contributed by atoms with Crippen molar-refractivity contribution in [2.75, 3.05) is 0 Å². The van der Waals surface area contributed by atoms with Gasteiger partial charge in [0.2, 0.25) is 0 Å². The SMILES string of the molecule is CC1=CC[C@H](C(=O)O)C1(C)C. The van der Waals surface area contributed by atoms with Gasteiger partial charge in [0, 0.05) is 0 Å². The molecule has 0 heterocycles. The molecule has 11 heavy (non-hydrogen) atoms. The molecule has 1 aliphatic rings. The highest BCUT2D eigenvalue weighted by atomic mass is 16.4. The van der Waals surface area contributed by atoms with Gasteiger partial charge in [0.1, 0.15) is 0 Å². The van der Waals surface area contributed by atoms with Gasteiger partial charge < -0.3 is 5.11 Å². The highest BCUT2D eigenvalue weighted by Crippen LogP contribution is 2.42. The molecule has 0 unspecified atom stereocenters. The van der Waals surface area contributed by atoms with Crippen LogP contribution in [0, 0.1) is 11.3 Å². The van der Waals surface area contributed by atoms with E-state index in [1.54, 1.807) is 0 Å². The van der Waals surface area contributed by atoms with Crippen molar-refractivity contribution in [2.45, 2.75) is 27.2 Å². The Morgan fingerprint density at radius 2 is 2.27 bits per heavy atom. The van der Waals surface area contributed by atoms with E-state index < -0.39 is 5.97 Å². The van der Waals surface area contributed by atoms with E-state index in [1.165, 1.54) is 5.57 Å². The molecular formula is C9H14O2. The van der Waals surface area contributed by atoms with Gasteiger partial charge in [-0.15, -0.1) is 0 Å². The number of hydrogen-bond acceptors (Lipinski definition) is 1. The third-order valence-electron chi connectivity index (χ3n) is 2.85. The van der Waals surface area contributed by atoms with Crippen molar-refractivity contribution in [1.29, 1.82) is 0 Å². The lowest BCUT2D eigenvalue weighted by Gasteiger charge is -2.25.